The van der Waals surface area contributed by atoms with E-state index in [1.54, 1.807) is 6.07 Å². The van der Waals surface area contributed by atoms with Crippen molar-refractivity contribution in [1.82, 2.24) is 9.55 Å². The third-order valence-corrected chi connectivity index (χ3v) is 3.41. The minimum atomic E-state index is -0.161. The molecular formula is C15H18ClN3. The van der Waals surface area contributed by atoms with Crippen LogP contribution >= 0.6 is 11.6 Å². The number of rotatable bonds is 4. The van der Waals surface area contributed by atoms with Crippen molar-refractivity contribution in [2.45, 2.75) is 39.1 Å². The topological polar surface area (TPSA) is 41.6 Å². The normalized spacial score (nSPS) is 12.8. The second-order valence-corrected chi connectivity index (χ2v) is 5.86. The standard InChI is InChI=1S/C15H18ClN3/c1-10(2)7-8-19-13-6-4-5-12(9-17)14(13)18-15(19)11(3)16/h4-6,10-11H,7-8H2,1-3H3. The van der Waals surface area contributed by atoms with Crippen molar-refractivity contribution < 1.29 is 0 Å². The molecule has 2 aromatic rings. The number of hydrogen-bond acceptors (Lipinski definition) is 2. The molecule has 0 aliphatic rings. The van der Waals surface area contributed by atoms with Gasteiger partial charge in [0.25, 0.3) is 0 Å². The van der Waals surface area contributed by atoms with Gasteiger partial charge in [-0.05, 0) is 31.4 Å². The van der Waals surface area contributed by atoms with E-state index < -0.39 is 0 Å². The fourth-order valence-electron chi connectivity index (χ4n) is 2.18. The molecule has 2 rings (SSSR count). The lowest BCUT2D eigenvalue weighted by Gasteiger charge is -2.12. The number of benzene rings is 1. The van der Waals surface area contributed by atoms with Gasteiger partial charge in [-0.25, -0.2) is 4.98 Å². The van der Waals surface area contributed by atoms with E-state index in [9.17, 15) is 0 Å². The highest BCUT2D eigenvalue weighted by molar-refractivity contribution is 6.20. The summed E-state index contributed by atoms with van der Waals surface area (Å²) in [5.41, 5.74) is 2.37. The van der Waals surface area contributed by atoms with E-state index in [1.165, 1.54) is 0 Å². The Morgan fingerprint density at radius 3 is 2.68 bits per heavy atom. The van der Waals surface area contributed by atoms with Crippen LogP contribution in [0.2, 0.25) is 0 Å². The maximum Gasteiger partial charge on any atom is 0.127 e. The van der Waals surface area contributed by atoms with E-state index in [4.69, 9.17) is 16.9 Å². The smallest absolute Gasteiger partial charge is 0.127 e. The number of hydrogen-bond donors (Lipinski definition) is 0. The molecule has 1 atom stereocenters. The average Bonchev–Trinajstić information content (AvgIpc) is 2.74. The maximum absolute atomic E-state index is 9.16. The third-order valence-electron chi connectivity index (χ3n) is 3.21. The second kappa shape index (κ2) is 5.63. The fourth-order valence-corrected chi connectivity index (χ4v) is 2.35. The molecule has 1 heterocycles. The Morgan fingerprint density at radius 2 is 2.11 bits per heavy atom. The molecule has 0 aliphatic carbocycles. The van der Waals surface area contributed by atoms with Crippen molar-refractivity contribution >= 4 is 22.6 Å². The predicted molar refractivity (Wildman–Crippen MR) is 78.2 cm³/mol. The van der Waals surface area contributed by atoms with Crippen LogP contribution in [-0.4, -0.2) is 9.55 Å². The Hall–Kier alpha value is -1.53. The van der Waals surface area contributed by atoms with Gasteiger partial charge in [0.1, 0.15) is 17.4 Å². The number of alkyl halides is 1. The van der Waals surface area contributed by atoms with Crippen molar-refractivity contribution in [3.05, 3.63) is 29.6 Å². The Bertz CT molecular complexity index is 620. The van der Waals surface area contributed by atoms with Crippen LogP contribution in [0.25, 0.3) is 11.0 Å². The van der Waals surface area contributed by atoms with Crippen LogP contribution in [0.4, 0.5) is 0 Å². The molecular weight excluding hydrogens is 258 g/mol. The molecule has 4 heteroatoms. The van der Waals surface area contributed by atoms with E-state index in [0.29, 0.717) is 11.5 Å². The first-order chi connectivity index (χ1) is 9.04. The third kappa shape index (κ3) is 2.74. The first-order valence-corrected chi connectivity index (χ1v) is 7.01. The van der Waals surface area contributed by atoms with E-state index in [0.717, 1.165) is 29.8 Å². The molecule has 0 spiro atoms. The van der Waals surface area contributed by atoms with Gasteiger partial charge in [0.05, 0.1) is 16.5 Å². The Kier molecular flexibility index (Phi) is 4.11. The number of nitriles is 1. The molecule has 0 aliphatic heterocycles. The Labute approximate surface area is 118 Å². The molecule has 0 saturated heterocycles. The quantitative estimate of drug-likeness (QED) is 0.783. The molecule has 100 valence electrons. The first-order valence-electron chi connectivity index (χ1n) is 6.58. The summed E-state index contributed by atoms with van der Waals surface area (Å²) in [6.45, 7) is 7.20. The number of imidazole rings is 1. The van der Waals surface area contributed by atoms with Crippen LogP contribution in [0.5, 0.6) is 0 Å². The molecule has 0 amide bonds. The van der Waals surface area contributed by atoms with Gasteiger partial charge in [0.15, 0.2) is 0 Å². The molecule has 0 fully saturated rings. The number of nitrogens with zero attached hydrogens (tertiary/aromatic N) is 3. The summed E-state index contributed by atoms with van der Waals surface area (Å²) in [5.74, 6) is 1.47. The van der Waals surface area contributed by atoms with E-state index in [-0.39, 0.29) is 5.38 Å². The highest BCUT2D eigenvalue weighted by atomic mass is 35.5. The molecule has 3 nitrogen and oxygen atoms in total. The van der Waals surface area contributed by atoms with Crippen molar-refractivity contribution in [3.8, 4) is 6.07 Å². The summed E-state index contributed by atoms with van der Waals surface area (Å²) in [6.07, 6.45) is 1.07. The first kappa shape index (κ1) is 13.9. The molecule has 0 radical (unpaired) electrons. The van der Waals surface area contributed by atoms with Gasteiger partial charge in [-0.15, -0.1) is 11.6 Å². The average molecular weight is 276 g/mol. The lowest BCUT2D eigenvalue weighted by molar-refractivity contribution is 0.512. The summed E-state index contributed by atoms with van der Waals surface area (Å²) in [6, 6.07) is 7.90. The van der Waals surface area contributed by atoms with Crippen LogP contribution in [-0.2, 0) is 6.54 Å². The molecule has 19 heavy (non-hydrogen) atoms. The summed E-state index contributed by atoms with van der Waals surface area (Å²) < 4.78 is 2.15. The minimum absolute atomic E-state index is 0.161. The van der Waals surface area contributed by atoms with Crippen molar-refractivity contribution in [2.24, 2.45) is 5.92 Å². The molecule has 0 saturated carbocycles. The van der Waals surface area contributed by atoms with Crippen LogP contribution < -0.4 is 0 Å². The van der Waals surface area contributed by atoms with Crippen LogP contribution in [0, 0.1) is 17.2 Å². The van der Waals surface area contributed by atoms with Crippen LogP contribution in [0.1, 0.15) is 44.0 Å². The lowest BCUT2D eigenvalue weighted by atomic mass is 10.1. The van der Waals surface area contributed by atoms with Crippen LogP contribution in [0.3, 0.4) is 0 Å². The van der Waals surface area contributed by atoms with Gasteiger partial charge in [0, 0.05) is 6.54 Å². The Balaban J connectivity index is 2.58. The van der Waals surface area contributed by atoms with E-state index in [1.807, 2.05) is 19.1 Å². The Morgan fingerprint density at radius 1 is 1.37 bits per heavy atom. The molecule has 1 aromatic carbocycles. The number of fused-ring (bicyclic) bond motifs is 1. The van der Waals surface area contributed by atoms with Gasteiger partial charge in [0.2, 0.25) is 0 Å². The molecule has 0 N–H and O–H groups in total. The molecule has 0 bridgehead atoms. The number of aromatic nitrogens is 2. The van der Waals surface area contributed by atoms with Gasteiger partial charge in [-0.2, -0.15) is 5.26 Å². The van der Waals surface area contributed by atoms with Crippen molar-refractivity contribution in [1.29, 1.82) is 5.26 Å². The van der Waals surface area contributed by atoms with Crippen molar-refractivity contribution in [2.75, 3.05) is 0 Å². The second-order valence-electron chi connectivity index (χ2n) is 5.21. The monoisotopic (exact) mass is 275 g/mol. The van der Waals surface area contributed by atoms with Gasteiger partial charge in [-0.3, -0.25) is 0 Å². The molecule has 1 unspecified atom stereocenters. The zero-order valence-corrected chi connectivity index (χ0v) is 12.3. The van der Waals surface area contributed by atoms with Crippen molar-refractivity contribution in [3.63, 3.8) is 0 Å². The largest absolute Gasteiger partial charge is 0.327 e. The zero-order valence-electron chi connectivity index (χ0n) is 11.5. The van der Waals surface area contributed by atoms with Gasteiger partial charge < -0.3 is 4.57 Å². The van der Waals surface area contributed by atoms with E-state index >= 15 is 0 Å². The number of aryl methyl sites for hydroxylation is 1. The summed E-state index contributed by atoms with van der Waals surface area (Å²) in [7, 11) is 0. The number of para-hydroxylation sites is 1. The molecule has 1 aromatic heterocycles. The maximum atomic E-state index is 9.16. The number of halogens is 1. The fraction of sp³-hybridized carbons (Fsp3) is 0.467. The minimum Gasteiger partial charge on any atom is -0.327 e. The lowest BCUT2D eigenvalue weighted by Crippen LogP contribution is -2.06. The predicted octanol–water partition coefficient (Wildman–Crippen LogP) is 4.25. The van der Waals surface area contributed by atoms with Crippen LogP contribution in [0.15, 0.2) is 18.2 Å². The summed E-state index contributed by atoms with van der Waals surface area (Å²) in [5, 5.41) is 9.00. The van der Waals surface area contributed by atoms with E-state index in [2.05, 4.69) is 29.5 Å². The highest BCUT2D eigenvalue weighted by Gasteiger charge is 2.16. The zero-order chi connectivity index (χ0) is 14.0. The summed E-state index contributed by atoms with van der Waals surface area (Å²) >= 11 is 6.22. The highest BCUT2D eigenvalue weighted by Crippen LogP contribution is 2.27. The summed E-state index contributed by atoms with van der Waals surface area (Å²) in [4.78, 5) is 4.57. The van der Waals surface area contributed by atoms with Gasteiger partial charge in [-0.1, -0.05) is 19.9 Å². The SMILES string of the molecule is CC(C)CCn1c(C(C)Cl)nc2c(C#N)cccc21. The van der Waals surface area contributed by atoms with Gasteiger partial charge >= 0.3 is 0 Å².